The predicted molar refractivity (Wildman–Crippen MR) is 96.8 cm³/mol. The van der Waals surface area contributed by atoms with Crippen LogP contribution in [0.1, 0.15) is 18.9 Å². The number of hydrogen-bond donors (Lipinski definition) is 1. The topological polar surface area (TPSA) is 83.7 Å². The summed E-state index contributed by atoms with van der Waals surface area (Å²) in [5.74, 6) is 1.39. The fourth-order valence-electron chi connectivity index (χ4n) is 3.34. The van der Waals surface area contributed by atoms with Gasteiger partial charge in [-0.2, -0.15) is 4.98 Å². The summed E-state index contributed by atoms with van der Waals surface area (Å²) in [5, 5.41) is 9.32. The zero-order valence-corrected chi connectivity index (χ0v) is 15.6. The molecule has 2 aromatic rings. The zero-order valence-electron chi connectivity index (χ0n) is 14.8. The van der Waals surface area contributed by atoms with Gasteiger partial charge in [0.05, 0.1) is 24.1 Å². The Kier molecular flexibility index (Phi) is 5.30. The minimum atomic E-state index is -0.211. The van der Waals surface area contributed by atoms with Crippen molar-refractivity contribution in [3.63, 3.8) is 0 Å². The van der Waals surface area contributed by atoms with E-state index in [-0.39, 0.29) is 18.0 Å². The van der Waals surface area contributed by atoms with Crippen LogP contribution in [0.25, 0.3) is 10.7 Å². The molecule has 0 spiro atoms. The molecule has 0 bridgehead atoms. The molecule has 0 saturated carbocycles. The molecule has 8 nitrogen and oxygen atoms in total. The first-order valence-electron chi connectivity index (χ1n) is 8.94. The molecule has 9 heteroatoms. The minimum absolute atomic E-state index is 0.0320. The Morgan fingerprint density at radius 1 is 1.38 bits per heavy atom. The molecule has 0 aromatic carbocycles. The van der Waals surface area contributed by atoms with Gasteiger partial charge in [-0.05, 0) is 18.4 Å². The maximum absolute atomic E-state index is 12.6. The summed E-state index contributed by atoms with van der Waals surface area (Å²) in [6.07, 6.45) is 0. The lowest BCUT2D eigenvalue weighted by Gasteiger charge is -2.38. The van der Waals surface area contributed by atoms with Gasteiger partial charge in [-0.3, -0.25) is 9.69 Å². The van der Waals surface area contributed by atoms with Crippen molar-refractivity contribution in [2.45, 2.75) is 19.0 Å². The lowest BCUT2D eigenvalue weighted by molar-refractivity contribution is -0.138. The van der Waals surface area contributed by atoms with Gasteiger partial charge in [0, 0.05) is 32.7 Å². The number of morpholine rings is 1. The number of piperazine rings is 1. The Morgan fingerprint density at radius 2 is 2.23 bits per heavy atom. The van der Waals surface area contributed by atoms with E-state index in [0.29, 0.717) is 38.0 Å². The van der Waals surface area contributed by atoms with Gasteiger partial charge in [0.25, 0.3) is 0 Å². The average Bonchev–Trinajstić information content (AvgIpc) is 3.39. The highest BCUT2D eigenvalue weighted by molar-refractivity contribution is 7.13. The molecule has 26 heavy (non-hydrogen) atoms. The number of carbonyl (C=O) groups excluding carboxylic acids is 1. The van der Waals surface area contributed by atoms with Crippen LogP contribution >= 0.6 is 11.3 Å². The van der Waals surface area contributed by atoms with Gasteiger partial charge in [0.1, 0.15) is 6.04 Å². The molecule has 140 valence electrons. The summed E-state index contributed by atoms with van der Waals surface area (Å²) in [4.78, 5) is 22.3. The first-order valence-corrected chi connectivity index (χ1v) is 9.82. The molecular formula is C17H23N5O3S. The number of nitrogens with zero attached hydrogens (tertiary/aromatic N) is 4. The number of nitrogens with one attached hydrogen (secondary N) is 1. The molecule has 2 atom stereocenters. The second-order valence-corrected chi connectivity index (χ2v) is 7.50. The van der Waals surface area contributed by atoms with E-state index in [1.165, 1.54) is 0 Å². The summed E-state index contributed by atoms with van der Waals surface area (Å²) in [6, 6.07) is 3.78. The third-order valence-electron chi connectivity index (χ3n) is 4.93. The third kappa shape index (κ3) is 3.66. The van der Waals surface area contributed by atoms with E-state index < -0.39 is 0 Å². The molecule has 1 amide bonds. The minimum Gasteiger partial charge on any atom is -0.378 e. The van der Waals surface area contributed by atoms with Crippen molar-refractivity contribution in [1.29, 1.82) is 0 Å². The van der Waals surface area contributed by atoms with Crippen LogP contribution in [-0.2, 0) is 9.53 Å². The van der Waals surface area contributed by atoms with Crippen LogP contribution < -0.4 is 5.32 Å². The maximum atomic E-state index is 12.6. The van der Waals surface area contributed by atoms with Crippen molar-refractivity contribution in [1.82, 2.24) is 25.3 Å². The summed E-state index contributed by atoms with van der Waals surface area (Å²) >= 11 is 1.59. The normalized spacial score (nSPS) is 23.1. The van der Waals surface area contributed by atoms with Crippen LogP contribution in [0.5, 0.6) is 0 Å². The highest BCUT2D eigenvalue weighted by Crippen LogP contribution is 2.25. The lowest BCUT2D eigenvalue weighted by atomic mass is 10.2. The Morgan fingerprint density at radius 3 is 2.92 bits per heavy atom. The highest BCUT2D eigenvalue weighted by atomic mass is 32.1. The highest BCUT2D eigenvalue weighted by Gasteiger charge is 2.31. The quantitative estimate of drug-likeness (QED) is 0.851. The molecule has 0 aliphatic carbocycles. The van der Waals surface area contributed by atoms with E-state index in [1.54, 1.807) is 11.3 Å². The van der Waals surface area contributed by atoms with E-state index in [9.17, 15) is 4.79 Å². The molecule has 4 heterocycles. The van der Waals surface area contributed by atoms with E-state index in [1.807, 2.05) is 22.4 Å². The van der Waals surface area contributed by atoms with E-state index in [0.717, 1.165) is 24.5 Å². The predicted octanol–water partition coefficient (Wildman–Crippen LogP) is 0.992. The summed E-state index contributed by atoms with van der Waals surface area (Å²) < 4.78 is 10.9. The van der Waals surface area contributed by atoms with Crippen molar-refractivity contribution in [3.8, 4) is 10.7 Å². The number of ether oxygens (including phenoxy) is 1. The molecular weight excluding hydrogens is 354 g/mol. The van der Waals surface area contributed by atoms with Crippen LogP contribution in [-0.4, -0.2) is 77.8 Å². The Balaban J connectivity index is 1.33. The van der Waals surface area contributed by atoms with Crippen molar-refractivity contribution < 1.29 is 14.1 Å². The fraction of sp³-hybridized carbons (Fsp3) is 0.588. The Labute approximate surface area is 156 Å². The molecule has 0 radical (unpaired) electrons. The van der Waals surface area contributed by atoms with E-state index in [4.69, 9.17) is 9.26 Å². The summed E-state index contributed by atoms with van der Waals surface area (Å²) in [7, 11) is 0. The Bertz CT molecular complexity index is 721. The number of thiophene rings is 1. The van der Waals surface area contributed by atoms with Gasteiger partial charge in [-0.25, -0.2) is 0 Å². The molecule has 2 aliphatic heterocycles. The molecule has 1 N–H and O–H groups in total. The average molecular weight is 377 g/mol. The molecule has 2 fully saturated rings. The zero-order chi connectivity index (χ0) is 17.9. The number of hydrogen-bond acceptors (Lipinski definition) is 8. The molecule has 4 rings (SSSR count). The smallest absolute Gasteiger partial charge is 0.244 e. The first kappa shape index (κ1) is 17.6. The van der Waals surface area contributed by atoms with E-state index >= 15 is 0 Å². The summed E-state index contributed by atoms with van der Waals surface area (Å²) in [5.41, 5.74) is 0. The van der Waals surface area contributed by atoms with Gasteiger partial charge in [-0.15, -0.1) is 11.3 Å². The van der Waals surface area contributed by atoms with Gasteiger partial charge in [0.15, 0.2) is 0 Å². The van der Waals surface area contributed by atoms with Crippen LogP contribution in [0.3, 0.4) is 0 Å². The standard InChI is InChI=1S/C17H23N5O3S/c1-12(16-19-15(20-25-16)14-3-2-10-26-14)21-5-7-22(8-6-21)17(23)13-11-24-9-4-18-13/h2-3,10,12-13,18H,4-9,11H2,1H3. The number of rotatable bonds is 4. The molecule has 2 saturated heterocycles. The summed E-state index contributed by atoms with van der Waals surface area (Å²) in [6.45, 7) is 6.92. The second-order valence-electron chi connectivity index (χ2n) is 6.55. The van der Waals surface area contributed by atoms with Crippen molar-refractivity contribution in [3.05, 3.63) is 23.4 Å². The largest absolute Gasteiger partial charge is 0.378 e. The van der Waals surface area contributed by atoms with Gasteiger partial charge < -0.3 is 19.5 Å². The third-order valence-corrected chi connectivity index (χ3v) is 5.80. The van der Waals surface area contributed by atoms with Gasteiger partial charge in [0.2, 0.25) is 17.6 Å². The van der Waals surface area contributed by atoms with Crippen LogP contribution in [0, 0.1) is 0 Å². The monoisotopic (exact) mass is 377 g/mol. The molecule has 2 aromatic heterocycles. The van der Waals surface area contributed by atoms with Crippen molar-refractivity contribution >= 4 is 17.2 Å². The molecule has 2 aliphatic rings. The van der Waals surface area contributed by atoms with Crippen LogP contribution in [0.4, 0.5) is 0 Å². The van der Waals surface area contributed by atoms with Gasteiger partial charge >= 0.3 is 0 Å². The number of aromatic nitrogens is 2. The first-order chi connectivity index (χ1) is 12.7. The van der Waals surface area contributed by atoms with Gasteiger partial charge in [-0.1, -0.05) is 11.2 Å². The fourth-order valence-corrected chi connectivity index (χ4v) is 3.99. The Hall–Kier alpha value is -1.81. The van der Waals surface area contributed by atoms with Crippen molar-refractivity contribution in [2.75, 3.05) is 45.9 Å². The SMILES string of the molecule is CC(c1nc(-c2cccs2)no1)N1CCN(C(=O)C2COCCN2)CC1. The number of carbonyl (C=O) groups is 1. The lowest BCUT2D eigenvalue weighted by Crippen LogP contribution is -2.57. The van der Waals surface area contributed by atoms with E-state index in [2.05, 4.69) is 27.3 Å². The molecule has 2 unspecified atom stereocenters. The van der Waals surface area contributed by atoms with Crippen LogP contribution in [0.15, 0.2) is 22.0 Å². The number of amides is 1. The second kappa shape index (κ2) is 7.83. The van der Waals surface area contributed by atoms with Crippen molar-refractivity contribution in [2.24, 2.45) is 0 Å². The maximum Gasteiger partial charge on any atom is 0.244 e. The van der Waals surface area contributed by atoms with Crippen LogP contribution in [0.2, 0.25) is 0 Å².